The second-order valence-electron chi connectivity index (χ2n) is 6.65. The van der Waals surface area contributed by atoms with Gasteiger partial charge in [0.15, 0.2) is 9.84 Å². The molecule has 0 N–H and O–H groups in total. The largest absolute Gasteiger partial charge is 0.469 e. The van der Waals surface area contributed by atoms with Gasteiger partial charge in [-0.3, -0.25) is 9.59 Å². The third kappa shape index (κ3) is 3.68. The summed E-state index contributed by atoms with van der Waals surface area (Å²) in [4.78, 5) is 26.0. The third-order valence-electron chi connectivity index (χ3n) is 4.97. The molecule has 0 aromatic heterocycles. The molecule has 130 valence electrons. The van der Waals surface area contributed by atoms with E-state index in [2.05, 4.69) is 0 Å². The second kappa shape index (κ2) is 6.39. The van der Waals surface area contributed by atoms with E-state index in [0.29, 0.717) is 26.0 Å². The highest BCUT2D eigenvalue weighted by atomic mass is 32.2. The van der Waals surface area contributed by atoms with Crippen molar-refractivity contribution < 1.29 is 27.5 Å². The van der Waals surface area contributed by atoms with E-state index in [1.165, 1.54) is 7.11 Å². The summed E-state index contributed by atoms with van der Waals surface area (Å²) >= 11 is 0. The molecule has 3 rings (SSSR count). The first-order chi connectivity index (χ1) is 10.9. The van der Waals surface area contributed by atoms with Crippen molar-refractivity contribution in [3.8, 4) is 0 Å². The fraction of sp³-hybridized carbons (Fsp3) is 0.867. The number of ether oxygens (including phenoxy) is 2. The quantitative estimate of drug-likeness (QED) is 0.651. The summed E-state index contributed by atoms with van der Waals surface area (Å²) in [6.07, 6.45) is 2.78. The van der Waals surface area contributed by atoms with E-state index in [0.717, 1.165) is 12.8 Å². The maximum atomic E-state index is 12.8. The molecule has 0 unspecified atom stereocenters. The van der Waals surface area contributed by atoms with E-state index >= 15 is 0 Å². The van der Waals surface area contributed by atoms with E-state index in [-0.39, 0.29) is 47.4 Å². The maximum absolute atomic E-state index is 12.8. The van der Waals surface area contributed by atoms with Crippen LogP contribution in [0, 0.1) is 11.8 Å². The molecule has 0 spiro atoms. The number of rotatable bonds is 5. The van der Waals surface area contributed by atoms with Crippen LogP contribution in [-0.4, -0.2) is 69.1 Å². The van der Waals surface area contributed by atoms with Crippen LogP contribution >= 0.6 is 0 Å². The van der Waals surface area contributed by atoms with Gasteiger partial charge in [0.25, 0.3) is 0 Å². The van der Waals surface area contributed by atoms with Crippen molar-refractivity contribution in [1.82, 2.24) is 4.90 Å². The Morgan fingerprint density at radius 1 is 1.26 bits per heavy atom. The van der Waals surface area contributed by atoms with E-state index < -0.39 is 9.84 Å². The van der Waals surface area contributed by atoms with Crippen molar-refractivity contribution in [2.45, 2.75) is 37.8 Å². The summed E-state index contributed by atoms with van der Waals surface area (Å²) in [5.74, 6) is -1.10. The molecule has 3 fully saturated rings. The van der Waals surface area contributed by atoms with E-state index in [1.54, 1.807) is 4.90 Å². The van der Waals surface area contributed by atoms with Crippen LogP contribution in [0.5, 0.6) is 0 Å². The van der Waals surface area contributed by atoms with Crippen molar-refractivity contribution >= 4 is 21.7 Å². The van der Waals surface area contributed by atoms with Crippen molar-refractivity contribution in [2.75, 3.05) is 31.8 Å². The fourth-order valence-corrected chi connectivity index (χ4v) is 5.27. The Balaban J connectivity index is 1.70. The van der Waals surface area contributed by atoms with Gasteiger partial charge >= 0.3 is 5.97 Å². The minimum atomic E-state index is -3.07. The number of hydrogen-bond acceptors (Lipinski definition) is 6. The van der Waals surface area contributed by atoms with E-state index in [1.807, 2.05) is 0 Å². The normalized spacial score (nSPS) is 35.0. The Kier molecular flexibility index (Phi) is 4.64. The first-order valence-electron chi connectivity index (χ1n) is 8.11. The van der Waals surface area contributed by atoms with Crippen molar-refractivity contribution in [3.05, 3.63) is 0 Å². The lowest BCUT2D eigenvalue weighted by molar-refractivity contribution is -0.145. The van der Waals surface area contributed by atoms with Gasteiger partial charge in [-0.2, -0.15) is 0 Å². The highest BCUT2D eigenvalue weighted by molar-refractivity contribution is 7.91. The molecule has 0 aromatic rings. The van der Waals surface area contributed by atoms with Gasteiger partial charge in [-0.15, -0.1) is 0 Å². The minimum Gasteiger partial charge on any atom is -0.469 e. The smallest absolute Gasteiger partial charge is 0.309 e. The number of methoxy groups -OCH3 is 1. The van der Waals surface area contributed by atoms with Gasteiger partial charge in [-0.1, -0.05) is 0 Å². The molecule has 2 saturated heterocycles. The Hall–Kier alpha value is -1.15. The Morgan fingerprint density at radius 3 is 2.61 bits per heavy atom. The molecule has 2 heterocycles. The van der Waals surface area contributed by atoms with Crippen LogP contribution in [-0.2, 0) is 28.9 Å². The summed E-state index contributed by atoms with van der Waals surface area (Å²) in [5, 5.41) is 0. The van der Waals surface area contributed by atoms with Crippen LogP contribution in [0.4, 0.5) is 0 Å². The monoisotopic (exact) mass is 345 g/mol. The van der Waals surface area contributed by atoms with Gasteiger partial charge in [0, 0.05) is 19.2 Å². The zero-order valence-electron chi connectivity index (χ0n) is 13.3. The molecule has 1 amide bonds. The molecule has 1 aliphatic carbocycles. The molecule has 8 heteroatoms. The third-order valence-corrected chi connectivity index (χ3v) is 6.72. The molecule has 2 aliphatic heterocycles. The van der Waals surface area contributed by atoms with Gasteiger partial charge < -0.3 is 14.4 Å². The van der Waals surface area contributed by atoms with E-state index in [4.69, 9.17) is 9.47 Å². The molecule has 0 radical (unpaired) electrons. The lowest BCUT2D eigenvalue weighted by Gasteiger charge is -2.30. The lowest BCUT2D eigenvalue weighted by atomic mass is 10.1. The predicted octanol–water partition coefficient (Wildman–Crippen LogP) is -0.00980. The van der Waals surface area contributed by atoms with Gasteiger partial charge in [-0.25, -0.2) is 8.42 Å². The van der Waals surface area contributed by atoms with Crippen molar-refractivity contribution in [2.24, 2.45) is 11.8 Å². The average Bonchev–Trinajstić information content (AvgIpc) is 2.99. The van der Waals surface area contributed by atoms with Crippen molar-refractivity contribution in [1.29, 1.82) is 0 Å². The minimum absolute atomic E-state index is 0.0150. The number of nitrogens with zero attached hydrogens (tertiary/aromatic N) is 1. The number of hydrogen-bond donors (Lipinski definition) is 0. The SMILES string of the molecule is COC(=O)[C@@H]1C[C@@H]1C(=O)N(C[C@H]1CCCO1)[C@@H]1CCS(=O)(=O)C1. The highest BCUT2D eigenvalue weighted by Gasteiger charge is 2.52. The van der Waals surface area contributed by atoms with Gasteiger partial charge in [0.1, 0.15) is 0 Å². The van der Waals surface area contributed by atoms with Crippen LogP contribution in [0.2, 0.25) is 0 Å². The highest BCUT2D eigenvalue weighted by Crippen LogP contribution is 2.41. The summed E-state index contributed by atoms with van der Waals surface area (Å²) < 4.78 is 33.8. The van der Waals surface area contributed by atoms with Crippen LogP contribution in [0.1, 0.15) is 25.7 Å². The molecular formula is C15H23NO6S. The first-order valence-corrected chi connectivity index (χ1v) is 9.94. The standard InChI is InChI=1S/C15H23NO6S/c1-21-15(18)13-7-12(13)14(17)16(8-11-3-2-5-22-11)10-4-6-23(19,20)9-10/h10-13H,2-9H2,1H3/t10-,11-,12+,13-/m1/s1. The fourth-order valence-electron chi connectivity index (χ4n) is 3.54. The van der Waals surface area contributed by atoms with E-state index in [9.17, 15) is 18.0 Å². The molecule has 3 aliphatic rings. The maximum Gasteiger partial charge on any atom is 0.309 e. The number of sulfone groups is 1. The zero-order valence-corrected chi connectivity index (χ0v) is 14.1. The second-order valence-corrected chi connectivity index (χ2v) is 8.88. The number of carbonyl (C=O) groups excluding carboxylic acids is 2. The average molecular weight is 345 g/mol. The van der Waals surface area contributed by atoms with Crippen LogP contribution in [0.25, 0.3) is 0 Å². The Morgan fingerprint density at radius 2 is 2.04 bits per heavy atom. The molecule has 1 saturated carbocycles. The lowest BCUT2D eigenvalue weighted by Crippen LogP contribution is -2.46. The summed E-state index contributed by atoms with van der Waals surface area (Å²) in [6.45, 7) is 1.10. The van der Waals surface area contributed by atoms with Gasteiger partial charge in [0.2, 0.25) is 5.91 Å². The number of carbonyl (C=O) groups is 2. The van der Waals surface area contributed by atoms with Crippen LogP contribution in [0.15, 0.2) is 0 Å². The molecule has 0 aromatic carbocycles. The Bertz CT molecular complexity index is 583. The predicted molar refractivity (Wildman–Crippen MR) is 81.4 cm³/mol. The van der Waals surface area contributed by atoms with Gasteiger partial charge in [-0.05, 0) is 25.7 Å². The summed E-state index contributed by atoms with van der Waals surface area (Å²) in [6, 6.07) is -0.296. The molecule has 23 heavy (non-hydrogen) atoms. The van der Waals surface area contributed by atoms with Gasteiger partial charge in [0.05, 0.1) is 36.6 Å². The molecular weight excluding hydrogens is 322 g/mol. The summed E-state index contributed by atoms with van der Waals surface area (Å²) in [5.41, 5.74) is 0. The van der Waals surface area contributed by atoms with Crippen molar-refractivity contribution in [3.63, 3.8) is 0 Å². The Labute approximate surface area is 136 Å². The molecule has 0 bridgehead atoms. The van der Waals surface area contributed by atoms with Crippen LogP contribution < -0.4 is 0 Å². The number of esters is 1. The van der Waals surface area contributed by atoms with Crippen LogP contribution in [0.3, 0.4) is 0 Å². The molecule has 7 nitrogen and oxygen atoms in total. The zero-order chi connectivity index (χ0) is 16.6. The molecule has 4 atom stereocenters. The summed E-state index contributed by atoms with van der Waals surface area (Å²) in [7, 11) is -1.76. The first kappa shape index (κ1) is 16.7. The topological polar surface area (TPSA) is 90.0 Å². The number of amides is 1.